The molecule has 1 aromatic rings. The van der Waals surface area contributed by atoms with Crippen molar-refractivity contribution < 1.29 is 0 Å². The molecular weight excluding hydrogens is 146 g/mol. The van der Waals surface area contributed by atoms with Crippen LogP contribution in [0.2, 0.25) is 5.02 Å². The third kappa shape index (κ3) is 1.75. The molecule has 1 radical (unpaired) electrons. The van der Waals surface area contributed by atoms with Gasteiger partial charge in [-0.1, -0.05) is 23.7 Å². The molecule has 0 aliphatic rings. The molecule has 0 heterocycles. The van der Waals surface area contributed by atoms with Crippen LogP contribution in [-0.2, 0) is 0 Å². The highest BCUT2D eigenvalue weighted by Crippen LogP contribution is 2.11. The van der Waals surface area contributed by atoms with Crippen molar-refractivity contribution in [2.24, 2.45) is 0 Å². The van der Waals surface area contributed by atoms with Gasteiger partial charge in [0.2, 0.25) is 0 Å². The normalized spacial score (nSPS) is 8.80. The third-order valence-electron chi connectivity index (χ3n) is 1.08. The first-order valence-corrected chi connectivity index (χ1v) is 3.19. The molecular formula is C8H5ClN. The molecule has 1 aromatic carbocycles. The van der Waals surface area contributed by atoms with E-state index in [1.54, 1.807) is 12.1 Å². The van der Waals surface area contributed by atoms with Crippen molar-refractivity contribution in [3.63, 3.8) is 0 Å². The minimum absolute atomic E-state index is 0.656. The molecule has 2 heteroatoms. The third-order valence-corrected chi connectivity index (χ3v) is 1.31. The van der Waals surface area contributed by atoms with Crippen LogP contribution in [0.3, 0.4) is 0 Å². The van der Waals surface area contributed by atoms with Gasteiger partial charge in [-0.25, -0.2) is 0 Å². The van der Waals surface area contributed by atoms with Crippen molar-refractivity contribution in [1.29, 1.82) is 5.26 Å². The van der Waals surface area contributed by atoms with E-state index in [1.807, 2.05) is 18.2 Å². The largest absolute Gasteiger partial charge is 0.198 e. The van der Waals surface area contributed by atoms with Gasteiger partial charge < -0.3 is 0 Å². The molecule has 0 amide bonds. The number of nitrogens with zero attached hydrogens (tertiary/aromatic N) is 1. The van der Waals surface area contributed by atoms with Crippen LogP contribution in [0.1, 0.15) is 5.56 Å². The molecule has 0 N–H and O–H groups in total. The van der Waals surface area contributed by atoms with Crippen LogP contribution in [0.5, 0.6) is 0 Å². The molecule has 0 saturated carbocycles. The maximum atomic E-state index is 8.26. The quantitative estimate of drug-likeness (QED) is 0.603. The highest BCUT2D eigenvalue weighted by Gasteiger charge is 1.91. The van der Waals surface area contributed by atoms with Gasteiger partial charge in [0.25, 0.3) is 0 Å². The highest BCUT2D eigenvalue weighted by molar-refractivity contribution is 6.30. The van der Waals surface area contributed by atoms with Crippen molar-refractivity contribution in [1.82, 2.24) is 0 Å². The molecule has 0 aromatic heterocycles. The second kappa shape index (κ2) is 3.24. The number of benzene rings is 1. The maximum absolute atomic E-state index is 8.26. The van der Waals surface area contributed by atoms with E-state index in [2.05, 4.69) is 0 Å². The summed E-state index contributed by atoms with van der Waals surface area (Å²) in [5.41, 5.74) is 0.843. The topological polar surface area (TPSA) is 23.8 Å². The van der Waals surface area contributed by atoms with E-state index < -0.39 is 0 Å². The predicted octanol–water partition coefficient (Wildman–Crippen LogP) is 2.42. The van der Waals surface area contributed by atoms with Crippen LogP contribution in [0, 0.1) is 17.8 Å². The van der Waals surface area contributed by atoms with Crippen LogP contribution < -0.4 is 0 Å². The summed E-state index contributed by atoms with van der Waals surface area (Å²) in [6.45, 7) is 0. The first kappa shape index (κ1) is 7.11. The number of hydrogen-bond donors (Lipinski definition) is 0. The second-order valence-electron chi connectivity index (χ2n) is 1.83. The summed E-state index contributed by atoms with van der Waals surface area (Å²) in [5, 5.41) is 8.92. The molecule has 0 aliphatic carbocycles. The Labute approximate surface area is 64.9 Å². The molecule has 0 fully saturated rings. The number of halogens is 1. The molecule has 0 saturated heterocycles. The van der Waals surface area contributed by atoms with Gasteiger partial charge in [-0.05, 0) is 17.7 Å². The van der Waals surface area contributed by atoms with Gasteiger partial charge in [-0.15, -0.1) is 0 Å². The Bertz CT molecular complexity index is 262. The lowest BCUT2D eigenvalue weighted by Crippen LogP contribution is -1.75. The molecule has 0 bridgehead atoms. The summed E-state index contributed by atoms with van der Waals surface area (Å²) in [4.78, 5) is 0. The molecule has 0 aliphatic heterocycles. The minimum Gasteiger partial charge on any atom is -0.198 e. The van der Waals surface area contributed by atoms with Crippen LogP contribution in [0.4, 0.5) is 0 Å². The van der Waals surface area contributed by atoms with E-state index in [1.165, 1.54) is 6.42 Å². The summed E-state index contributed by atoms with van der Waals surface area (Å²) in [6.07, 6.45) is 1.45. The lowest BCUT2D eigenvalue weighted by Gasteiger charge is -1.91. The lowest BCUT2D eigenvalue weighted by atomic mass is 10.2. The van der Waals surface area contributed by atoms with E-state index in [-0.39, 0.29) is 0 Å². The maximum Gasteiger partial charge on any atom is 0.0912 e. The average molecular weight is 151 g/mol. The highest BCUT2D eigenvalue weighted by atomic mass is 35.5. The van der Waals surface area contributed by atoms with E-state index in [0.29, 0.717) is 5.02 Å². The zero-order chi connectivity index (χ0) is 7.40. The smallest absolute Gasteiger partial charge is 0.0912 e. The lowest BCUT2D eigenvalue weighted by molar-refractivity contribution is 1.46. The van der Waals surface area contributed by atoms with Crippen molar-refractivity contribution in [3.05, 3.63) is 41.3 Å². The van der Waals surface area contributed by atoms with E-state index in [0.717, 1.165) is 5.56 Å². The van der Waals surface area contributed by atoms with Crippen molar-refractivity contribution >= 4 is 11.6 Å². The van der Waals surface area contributed by atoms with Gasteiger partial charge in [-0.2, -0.15) is 5.26 Å². The van der Waals surface area contributed by atoms with Crippen LogP contribution in [-0.4, -0.2) is 0 Å². The standard InChI is InChI=1S/C8H5ClN/c9-8-3-1-2-7(6-8)4-5-10/h1-4,6H. The predicted molar refractivity (Wildman–Crippen MR) is 40.5 cm³/mol. The van der Waals surface area contributed by atoms with E-state index in [4.69, 9.17) is 16.9 Å². The minimum atomic E-state index is 0.656. The summed E-state index contributed by atoms with van der Waals surface area (Å²) >= 11 is 5.65. The van der Waals surface area contributed by atoms with E-state index in [9.17, 15) is 0 Å². The van der Waals surface area contributed by atoms with Crippen LogP contribution in [0.15, 0.2) is 24.3 Å². The van der Waals surface area contributed by atoms with Gasteiger partial charge >= 0.3 is 0 Å². The summed E-state index contributed by atoms with van der Waals surface area (Å²) < 4.78 is 0. The summed E-state index contributed by atoms with van der Waals surface area (Å²) in [6, 6.07) is 9.08. The Hall–Kier alpha value is -1.00. The SMILES string of the molecule is N#C[CH]c1cccc(Cl)c1. The zero-order valence-corrected chi connectivity index (χ0v) is 5.97. The molecule has 0 atom stereocenters. The first-order valence-electron chi connectivity index (χ1n) is 2.81. The fraction of sp³-hybridized carbons (Fsp3) is 0. The van der Waals surface area contributed by atoms with E-state index >= 15 is 0 Å². The summed E-state index contributed by atoms with van der Waals surface area (Å²) in [7, 11) is 0. The Balaban J connectivity index is 2.87. The molecule has 49 valence electrons. The fourth-order valence-electron chi connectivity index (χ4n) is 0.671. The monoisotopic (exact) mass is 150 g/mol. The molecule has 1 nitrogen and oxygen atoms in total. The van der Waals surface area contributed by atoms with Gasteiger partial charge in [-0.3, -0.25) is 0 Å². The number of nitriles is 1. The molecule has 0 unspecified atom stereocenters. The Morgan fingerprint density at radius 1 is 1.50 bits per heavy atom. The first-order chi connectivity index (χ1) is 4.83. The van der Waals surface area contributed by atoms with Crippen molar-refractivity contribution in [2.75, 3.05) is 0 Å². The summed E-state index contributed by atoms with van der Waals surface area (Å²) in [5.74, 6) is 0. The van der Waals surface area contributed by atoms with Gasteiger partial charge in [0.05, 0.1) is 12.5 Å². The molecule has 0 spiro atoms. The zero-order valence-electron chi connectivity index (χ0n) is 5.21. The second-order valence-corrected chi connectivity index (χ2v) is 2.26. The molecule has 1 rings (SSSR count). The van der Waals surface area contributed by atoms with Crippen LogP contribution in [0.25, 0.3) is 0 Å². The van der Waals surface area contributed by atoms with Crippen molar-refractivity contribution in [3.8, 4) is 6.07 Å². The van der Waals surface area contributed by atoms with Gasteiger partial charge in [0, 0.05) is 5.02 Å². The van der Waals surface area contributed by atoms with Gasteiger partial charge in [0.1, 0.15) is 0 Å². The Morgan fingerprint density at radius 2 is 2.30 bits per heavy atom. The Morgan fingerprint density at radius 3 is 2.90 bits per heavy atom. The number of hydrogen-bond acceptors (Lipinski definition) is 1. The fourth-order valence-corrected chi connectivity index (χ4v) is 0.870. The average Bonchev–Trinajstić information content (AvgIpc) is 1.88. The number of rotatable bonds is 1. The van der Waals surface area contributed by atoms with Crippen LogP contribution >= 0.6 is 11.6 Å². The van der Waals surface area contributed by atoms with Gasteiger partial charge in [0.15, 0.2) is 0 Å². The Kier molecular flexibility index (Phi) is 2.30. The van der Waals surface area contributed by atoms with Crippen molar-refractivity contribution in [2.45, 2.75) is 0 Å². The molecule has 10 heavy (non-hydrogen) atoms.